The van der Waals surface area contributed by atoms with Crippen molar-refractivity contribution in [3.05, 3.63) is 35.4 Å². The second-order valence-corrected chi connectivity index (χ2v) is 3.53. The molecule has 0 atom stereocenters. The number of benzene rings is 1. The van der Waals surface area contributed by atoms with E-state index in [9.17, 15) is 4.79 Å². The highest BCUT2D eigenvalue weighted by Crippen LogP contribution is 2.12. The summed E-state index contributed by atoms with van der Waals surface area (Å²) in [7, 11) is 0. The molecule has 2 N–H and O–H groups in total. The van der Waals surface area contributed by atoms with Crippen LogP contribution in [0.5, 0.6) is 0 Å². The van der Waals surface area contributed by atoms with Crippen LogP contribution >= 0.6 is 0 Å². The Morgan fingerprint density at radius 3 is 2.62 bits per heavy atom. The molecule has 1 aliphatic rings. The quantitative estimate of drug-likeness (QED) is 0.780. The Morgan fingerprint density at radius 2 is 2.12 bits per heavy atom. The van der Waals surface area contributed by atoms with Crippen LogP contribution in [-0.4, -0.2) is 16.8 Å². The Hall–Kier alpha value is -2.35. The number of carbonyl (C=O) groups is 1. The van der Waals surface area contributed by atoms with Crippen LogP contribution in [0.25, 0.3) is 0 Å². The van der Waals surface area contributed by atoms with Gasteiger partial charge in [-0.25, -0.2) is 5.01 Å². The van der Waals surface area contributed by atoms with Crippen molar-refractivity contribution in [2.24, 2.45) is 10.8 Å². The van der Waals surface area contributed by atoms with E-state index >= 15 is 0 Å². The van der Waals surface area contributed by atoms with Gasteiger partial charge in [-0.15, -0.1) is 0 Å². The number of carbonyl (C=O) groups excluding carboxylic acids is 1. The first-order valence-corrected chi connectivity index (χ1v) is 4.81. The van der Waals surface area contributed by atoms with E-state index in [1.807, 2.05) is 6.07 Å². The Kier molecular flexibility index (Phi) is 2.56. The molecule has 0 saturated heterocycles. The topological polar surface area (TPSA) is 82.5 Å². The van der Waals surface area contributed by atoms with Gasteiger partial charge in [0.25, 0.3) is 5.91 Å². The third-order valence-corrected chi connectivity index (χ3v) is 2.28. The van der Waals surface area contributed by atoms with E-state index in [0.717, 1.165) is 5.56 Å². The monoisotopic (exact) mass is 214 g/mol. The van der Waals surface area contributed by atoms with Gasteiger partial charge in [0.1, 0.15) is 5.84 Å². The van der Waals surface area contributed by atoms with E-state index in [2.05, 4.69) is 5.10 Å². The minimum Gasteiger partial charge on any atom is -0.385 e. The van der Waals surface area contributed by atoms with Crippen LogP contribution in [0.15, 0.2) is 29.4 Å². The molecule has 5 heteroatoms. The van der Waals surface area contributed by atoms with Gasteiger partial charge in [-0.05, 0) is 17.7 Å². The number of nitrogens with zero attached hydrogens (tertiary/aromatic N) is 3. The Labute approximate surface area is 92.8 Å². The summed E-state index contributed by atoms with van der Waals surface area (Å²) >= 11 is 0. The number of hydrazone groups is 1. The molecule has 1 aliphatic heterocycles. The standard InChI is InChI=1S/C11H10N4O/c12-6-8-1-3-9(4-2-8)7-15-11(16)5-10(13)14-15/h1-4H,5,7H2,(H2,13,14). The van der Waals surface area contributed by atoms with Gasteiger partial charge in [0.15, 0.2) is 0 Å². The van der Waals surface area contributed by atoms with Crippen molar-refractivity contribution >= 4 is 11.7 Å². The minimum absolute atomic E-state index is 0.0955. The summed E-state index contributed by atoms with van der Waals surface area (Å²) in [4.78, 5) is 11.4. The fourth-order valence-corrected chi connectivity index (χ4v) is 1.47. The van der Waals surface area contributed by atoms with Gasteiger partial charge >= 0.3 is 0 Å². The van der Waals surface area contributed by atoms with Crippen LogP contribution in [0.3, 0.4) is 0 Å². The predicted molar refractivity (Wildman–Crippen MR) is 57.9 cm³/mol. The smallest absolute Gasteiger partial charge is 0.250 e. The second-order valence-electron chi connectivity index (χ2n) is 3.53. The highest BCUT2D eigenvalue weighted by Gasteiger charge is 2.21. The van der Waals surface area contributed by atoms with Gasteiger partial charge < -0.3 is 5.73 Å². The molecular formula is C11H10N4O. The zero-order valence-corrected chi connectivity index (χ0v) is 8.55. The molecule has 0 unspecified atom stereocenters. The SMILES string of the molecule is N#Cc1ccc(CN2N=C(N)CC2=O)cc1. The molecule has 0 saturated carbocycles. The van der Waals surface area contributed by atoms with Crippen LogP contribution in [0.1, 0.15) is 17.5 Å². The lowest BCUT2D eigenvalue weighted by molar-refractivity contribution is -0.129. The van der Waals surface area contributed by atoms with Gasteiger partial charge in [0.05, 0.1) is 24.6 Å². The summed E-state index contributed by atoms with van der Waals surface area (Å²) in [6.45, 7) is 0.394. The maximum atomic E-state index is 11.4. The normalized spacial score (nSPS) is 14.8. The van der Waals surface area contributed by atoms with Crippen LogP contribution in [0.2, 0.25) is 0 Å². The summed E-state index contributed by atoms with van der Waals surface area (Å²) in [6.07, 6.45) is 0.191. The fourth-order valence-electron chi connectivity index (χ4n) is 1.47. The van der Waals surface area contributed by atoms with E-state index in [0.29, 0.717) is 17.9 Å². The number of hydrogen-bond acceptors (Lipinski definition) is 4. The maximum absolute atomic E-state index is 11.4. The molecule has 0 fully saturated rings. The van der Waals surface area contributed by atoms with Crippen molar-refractivity contribution in [3.63, 3.8) is 0 Å². The first-order valence-electron chi connectivity index (χ1n) is 4.81. The summed E-state index contributed by atoms with van der Waals surface area (Å²) in [5, 5.41) is 13.9. The summed E-state index contributed by atoms with van der Waals surface area (Å²) in [5.41, 5.74) is 6.98. The molecular weight excluding hydrogens is 204 g/mol. The Morgan fingerprint density at radius 1 is 1.44 bits per heavy atom. The summed E-state index contributed by atoms with van der Waals surface area (Å²) in [5.74, 6) is 0.250. The van der Waals surface area contributed by atoms with Gasteiger partial charge in [-0.3, -0.25) is 4.79 Å². The van der Waals surface area contributed by atoms with Crippen LogP contribution in [0, 0.1) is 11.3 Å². The number of nitrogens with two attached hydrogens (primary N) is 1. The number of amides is 1. The zero-order chi connectivity index (χ0) is 11.5. The van der Waals surface area contributed by atoms with Gasteiger partial charge in [0, 0.05) is 0 Å². The van der Waals surface area contributed by atoms with Gasteiger partial charge in [0.2, 0.25) is 0 Å². The molecule has 1 aromatic carbocycles. The third-order valence-electron chi connectivity index (χ3n) is 2.28. The highest BCUT2D eigenvalue weighted by molar-refractivity contribution is 6.02. The molecule has 80 valence electrons. The molecule has 0 aliphatic carbocycles. The largest absolute Gasteiger partial charge is 0.385 e. The first-order chi connectivity index (χ1) is 7.69. The average Bonchev–Trinajstić information content (AvgIpc) is 2.59. The Bertz CT molecular complexity index is 484. The average molecular weight is 214 g/mol. The Balaban J connectivity index is 2.10. The number of rotatable bonds is 2. The van der Waals surface area contributed by atoms with Gasteiger partial charge in [-0.1, -0.05) is 12.1 Å². The minimum atomic E-state index is -0.0955. The number of nitriles is 1. The first kappa shape index (κ1) is 10.2. The molecule has 0 bridgehead atoms. The lowest BCUT2D eigenvalue weighted by Gasteiger charge is -2.10. The van der Waals surface area contributed by atoms with Crippen molar-refractivity contribution in [2.75, 3.05) is 0 Å². The van der Waals surface area contributed by atoms with E-state index < -0.39 is 0 Å². The maximum Gasteiger partial charge on any atom is 0.250 e. The molecule has 16 heavy (non-hydrogen) atoms. The fraction of sp³-hybridized carbons (Fsp3) is 0.182. The molecule has 1 heterocycles. The molecule has 5 nitrogen and oxygen atoms in total. The van der Waals surface area contributed by atoms with Crippen LogP contribution < -0.4 is 5.73 Å². The van der Waals surface area contributed by atoms with E-state index in [1.54, 1.807) is 24.3 Å². The molecule has 0 spiro atoms. The van der Waals surface area contributed by atoms with Crippen molar-refractivity contribution in [2.45, 2.75) is 13.0 Å². The molecule has 1 aromatic rings. The summed E-state index contributed by atoms with van der Waals surface area (Å²) < 4.78 is 0. The van der Waals surface area contributed by atoms with Crippen molar-refractivity contribution in [3.8, 4) is 6.07 Å². The van der Waals surface area contributed by atoms with Crippen molar-refractivity contribution in [1.82, 2.24) is 5.01 Å². The zero-order valence-electron chi connectivity index (χ0n) is 8.55. The molecule has 1 amide bonds. The summed E-state index contributed by atoms with van der Waals surface area (Å²) in [6, 6.07) is 9.06. The van der Waals surface area contributed by atoms with E-state index in [-0.39, 0.29) is 12.3 Å². The lowest BCUT2D eigenvalue weighted by atomic mass is 10.1. The van der Waals surface area contributed by atoms with Crippen LogP contribution in [-0.2, 0) is 11.3 Å². The number of hydrogen-bond donors (Lipinski definition) is 1. The van der Waals surface area contributed by atoms with Crippen molar-refractivity contribution in [1.29, 1.82) is 5.26 Å². The second kappa shape index (κ2) is 4.03. The number of amidine groups is 1. The van der Waals surface area contributed by atoms with Gasteiger partial charge in [-0.2, -0.15) is 10.4 Å². The van der Waals surface area contributed by atoms with E-state index in [4.69, 9.17) is 11.0 Å². The molecule has 0 radical (unpaired) electrons. The molecule has 0 aromatic heterocycles. The van der Waals surface area contributed by atoms with Crippen molar-refractivity contribution < 1.29 is 4.79 Å². The highest BCUT2D eigenvalue weighted by atomic mass is 16.2. The van der Waals surface area contributed by atoms with E-state index in [1.165, 1.54) is 5.01 Å². The third kappa shape index (κ3) is 2.01. The van der Waals surface area contributed by atoms with Crippen LogP contribution in [0.4, 0.5) is 0 Å². The lowest BCUT2D eigenvalue weighted by Crippen LogP contribution is -2.20. The predicted octanol–water partition coefficient (Wildman–Crippen LogP) is 0.563. The molecule has 2 rings (SSSR count).